The molecule has 2 rings (SSSR count). The van der Waals surface area contributed by atoms with Gasteiger partial charge in [-0.25, -0.2) is 4.79 Å². The second-order valence-electron chi connectivity index (χ2n) is 4.97. The van der Waals surface area contributed by atoms with Gasteiger partial charge in [0.2, 0.25) is 0 Å². The third-order valence-corrected chi connectivity index (χ3v) is 3.25. The molecule has 0 unspecified atom stereocenters. The van der Waals surface area contributed by atoms with Crippen LogP contribution in [0.15, 0.2) is 54.6 Å². The van der Waals surface area contributed by atoms with E-state index in [1.807, 2.05) is 42.5 Å². The fourth-order valence-corrected chi connectivity index (χ4v) is 2.06. The summed E-state index contributed by atoms with van der Waals surface area (Å²) in [7, 11) is 0. The summed E-state index contributed by atoms with van der Waals surface area (Å²) in [6.07, 6.45) is 2.07. The van der Waals surface area contributed by atoms with Crippen LogP contribution in [0.5, 0.6) is 0 Å². The van der Waals surface area contributed by atoms with Crippen LogP contribution in [-0.2, 0) is 14.5 Å². The van der Waals surface area contributed by atoms with Crippen molar-refractivity contribution in [1.29, 1.82) is 0 Å². The topological polar surface area (TPSA) is 44.8 Å². The first-order chi connectivity index (χ1) is 11.3. The number of ether oxygens (including phenoxy) is 1. The Morgan fingerprint density at radius 3 is 2.57 bits per heavy atom. The lowest BCUT2D eigenvalue weighted by atomic mass is 10.00. The molecular weight excluding hydrogens is 292 g/mol. The number of benzene rings is 2. The van der Waals surface area contributed by atoms with Crippen LogP contribution < -0.4 is 0 Å². The molecule has 0 fully saturated rings. The van der Waals surface area contributed by atoms with Gasteiger partial charge in [0.1, 0.15) is 0 Å². The average Bonchev–Trinajstić information content (AvgIpc) is 2.61. The van der Waals surface area contributed by atoms with E-state index in [0.29, 0.717) is 12.2 Å². The van der Waals surface area contributed by atoms with Gasteiger partial charge >= 0.3 is 5.97 Å². The van der Waals surface area contributed by atoms with Gasteiger partial charge in [-0.15, -0.1) is 0 Å². The summed E-state index contributed by atoms with van der Waals surface area (Å²) in [6, 6.07) is 16.9. The van der Waals surface area contributed by atoms with Crippen LogP contribution in [0, 0.1) is 6.61 Å². The highest BCUT2D eigenvalue weighted by Crippen LogP contribution is 2.24. The van der Waals surface area contributed by atoms with Gasteiger partial charge < -0.3 is 4.74 Å². The van der Waals surface area contributed by atoms with Crippen molar-refractivity contribution in [3.8, 4) is 11.1 Å². The van der Waals surface area contributed by atoms with E-state index < -0.39 is 5.97 Å². The second kappa shape index (κ2) is 9.77. The standard InChI is InChI=1S/C19H21O4/c1-2-3-13-21-14-15-22-23-19(20)18-12-8-7-11-17(18)16-9-5-4-6-10-16/h4-12,15H,2-3,13-14H2,1H3. The van der Waals surface area contributed by atoms with E-state index in [1.165, 1.54) is 6.61 Å². The molecule has 121 valence electrons. The van der Waals surface area contributed by atoms with E-state index in [2.05, 4.69) is 6.92 Å². The van der Waals surface area contributed by atoms with Gasteiger partial charge in [-0.3, -0.25) is 4.89 Å². The summed E-state index contributed by atoms with van der Waals surface area (Å²) in [5, 5.41) is 0. The molecule has 0 aliphatic carbocycles. The molecule has 0 spiro atoms. The molecule has 0 atom stereocenters. The monoisotopic (exact) mass is 313 g/mol. The highest BCUT2D eigenvalue weighted by Gasteiger charge is 2.14. The molecule has 4 nitrogen and oxygen atoms in total. The van der Waals surface area contributed by atoms with Crippen LogP contribution in [0.4, 0.5) is 0 Å². The minimum atomic E-state index is -0.533. The summed E-state index contributed by atoms with van der Waals surface area (Å²) in [6.45, 7) is 4.38. The van der Waals surface area contributed by atoms with Crippen molar-refractivity contribution in [3.05, 3.63) is 66.8 Å². The maximum absolute atomic E-state index is 12.2. The van der Waals surface area contributed by atoms with Gasteiger partial charge in [-0.1, -0.05) is 61.9 Å². The first-order valence-corrected chi connectivity index (χ1v) is 7.74. The molecule has 0 N–H and O–H groups in total. The molecule has 0 aliphatic heterocycles. The molecule has 2 aromatic rings. The normalized spacial score (nSPS) is 10.5. The fourth-order valence-electron chi connectivity index (χ4n) is 2.06. The first kappa shape index (κ1) is 17.2. The van der Waals surface area contributed by atoms with E-state index in [4.69, 9.17) is 14.5 Å². The SMILES string of the molecule is CCCCOC[CH]OOC(=O)c1ccccc1-c1ccccc1. The van der Waals surface area contributed by atoms with E-state index in [1.54, 1.807) is 12.1 Å². The molecule has 4 heteroatoms. The average molecular weight is 313 g/mol. The smallest absolute Gasteiger partial charge is 0.373 e. The molecule has 0 aromatic heterocycles. The molecule has 0 bridgehead atoms. The number of rotatable bonds is 9. The van der Waals surface area contributed by atoms with E-state index >= 15 is 0 Å². The van der Waals surface area contributed by atoms with Crippen molar-refractivity contribution in [2.45, 2.75) is 19.8 Å². The van der Waals surface area contributed by atoms with Gasteiger partial charge in [0, 0.05) is 6.61 Å². The Balaban J connectivity index is 1.88. The Morgan fingerprint density at radius 2 is 1.78 bits per heavy atom. The van der Waals surface area contributed by atoms with Crippen LogP contribution >= 0.6 is 0 Å². The van der Waals surface area contributed by atoms with E-state index in [0.717, 1.165) is 24.0 Å². The van der Waals surface area contributed by atoms with E-state index in [9.17, 15) is 4.79 Å². The molecule has 2 aromatic carbocycles. The minimum absolute atomic E-state index is 0.285. The lowest BCUT2D eigenvalue weighted by Gasteiger charge is -2.08. The third-order valence-electron chi connectivity index (χ3n) is 3.25. The minimum Gasteiger partial charge on any atom is -0.378 e. The highest BCUT2D eigenvalue weighted by molar-refractivity contribution is 5.96. The predicted molar refractivity (Wildman–Crippen MR) is 88.4 cm³/mol. The van der Waals surface area contributed by atoms with Crippen molar-refractivity contribution >= 4 is 5.97 Å². The zero-order valence-electron chi connectivity index (χ0n) is 13.2. The maximum Gasteiger partial charge on any atom is 0.373 e. The maximum atomic E-state index is 12.2. The summed E-state index contributed by atoms with van der Waals surface area (Å²) in [4.78, 5) is 21.8. The van der Waals surface area contributed by atoms with Crippen LogP contribution in [0.1, 0.15) is 30.1 Å². The van der Waals surface area contributed by atoms with Gasteiger partial charge in [-0.2, -0.15) is 4.89 Å². The van der Waals surface area contributed by atoms with Gasteiger partial charge in [-0.05, 0) is 23.6 Å². The second-order valence-corrected chi connectivity index (χ2v) is 4.97. The van der Waals surface area contributed by atoms with E-state index in [-0.39, 0.29) is 6.61 Å². The van der Waals surface area contributed by atoms with Crippen molar-refractivity contribution in [2.75, 3.05) is 13.2 Å². The highest BCUT2D eigenvalue weighted by atomic mass is 17.2. The number of unbranched alkanes of at least 4 members (excludes halogenated alkanes) is 1. The molecule has 0 saturated heterocycles. The van der Waals surface area contributed by atoms with Gasteiger partial charge in [0.25, 0.3) is 0 Å². The molecule has 0 amide bonds. The molecule has 0 heterocycles. The summed E-state index contributed by atoms with van der Waals surface area (Å²) < 4.78 is 5.28. The largest absolute Gasteiger partial charge is 0.378 e. The van der Waals surface area contributed by atoms with Crippen LogP contribution in [0.3, 0.4) is 0 Å². The van der Waals surface area contributed by atoms with Crippen molar-refractivity contribution in [1.82, 2.24) is 0 Å². The summed E-state index contributed by atoms with van der Waals surface area (Å²) in [5.41, 5.74) is 2.21. The van der Waals surface area contributed by atoms with Crippen LogP contribution in [0.2, 0.25) is 0 Å². The zero-order chi connectivity index (χ0) is 16.3. The predicted octanol–water partition coefficient (Wildman–Crippen LogP) is 4.42. The number of carbonyl (C=O) groups is 1. The molecule has 0 aliphatic rings. The van der Waals surface area contributed by atoms with Crippen molar-refractivity contribution in [2.24, 2.45) is 0 Å². The third kappa shape index (κ3) is 5.51. The Morgan fingerprint density at radius 1 is 1.04 bits per heavy atom. The Hall–Kier alpha value is -2.17. The first-order valence-electron chi connectivity index (χ1n) is 7.74. The number of carbonyl (C=O) groups excluding carboxylic acids is 1. The van der Waals surface area contributed by atoms with Crippen molar-refractivity contribution < 1.29 is 19.3 Å². The Labute approximate surface area is 136 Å². The summed E-state index contributed by atoms with van der Waals surface area (Å²) >= 11 is 0. The Bertz CT molecular complexity index is 595. The van der Waals surface area contributed by atoms with Crippen LogP contribution in [-0.4, -0.2) is 19.2 Å². The molecular formula is C19H21O4. The number of hydrogen-bond donors (Lipinski definition) is 0. The van der Waals surface area contributed by atoms with Crippen molar-refractivity contribution in [3.63, 3.8) is 0 Å². The van der Waals surface area contributed by atoms with Gasteiger partial charge in [0.05, 0.1) is 12.2 Å². The Kier molecular flexibility index (Phi) is 7.30. The lowest BCUT2D eigenvalue weighted by Crippen LogP contribution is -2.08. The number of hydrogen-bond acceptors (Lipinski definition) is 4. The molecule has 1 radical (unpaired) electrons. The lowest BCUT2D eigenvalue weighted by molar-refractivity contribution is -0.218. The van der Waals surface area contributed by atoms with Gasteiger partial charge in [0.15, 0.2) is 6.61 Å². The van der Waals surface area contributed by atoms with Crippen LogP contribution in [0.25, 0.3) is 11.1 Å². The molecule has 0 saturated carbocycles. The zero-order valence-corrected chi connectivity index (χ0v) is 13.2. The fraction of sp³-hybridized carbons (Fsp3) is 0.263. The molecule has 23 heavy (non-hydrogen) atoms. The summed E-state index contributed by atoms with van der Waals surface area (Å²) in [5.74, 6) is -0.533. The quantitative estimate of drug-likeness (QED) is 0.390.